The average molecular weight is 341 g/mol. The van der Waals surface area contributed by atoms with Crippen LogP contribution in [0.4, 0.5) is 14.5 Å². The van der Waals surface area contributed by atoms with Gasteiger partial charge in [-0.05, 0) is 49.9 Å². The van der Waals surface area contributed by atoms with Gasteiger partial charge in [-0.3, -0.25) is 0 Å². The second kappa shape index (κ2) is 7.62. The molecule has 2 aromatic rings. The van der Waals surface area contributed by atoms with Crippen LogP contribution in [-0.4, -0.2) is 30.7 Å². The highest BCUT2D eigenvalue weighted by molar-refractivity contribution is 7.80. The van der Waals surface area contributed by atoms with E-state index in [1.54, 1.807) is 11.3 Å². The van der Waals surface area contributed by atoms with Crippen molar-refractivity contribution in [3.05, 3.63) is 52.2 Å². The van der Waals surface area contributed by atoms with E-state index in [2.05, 4.69) is 21.6 Å². The maximum absolute atomic E-state index is 13.6. The molecule has 0 amide bonds. The summed E-state index contributed by atoms with van der Waals surface area (Å²) >= 11 is 6.84. The highest BCUT2D eigenvalue weighted by Gasteiger charge is 2.15. The van der Waals surface area contributed by atoms with Crippen molar-refractivity contribution in [1.29, 1.82) is 0 Å². The van der Waals surface area contributed by atoms with Gasteiger partial charge >= 0.3 is 0 Å². The Bertz CT molecular complexity index is 630. The number of likely N-dealkylation sites (N-methyl/N-ethyl adjacent to an activating group) is 1. The van der Waals surface area contributed by atoms with Crippen LogP contribution in [-0.2, 0) is 0 Å². The molecule has 0 unspecified atom stereocenters. The lowest BCUT2D eigenvalue weighted by molar-refractivity contribution is 0.303. The summed E-state index contributed by atoms with van der Waals surface area (Å²) in [6.07, 6.45) is 0. The minimum absolute atomic E-state index is 0.149. The molecule has 7 heteroatoms. The normalized spacial score (nSPS) is 12.2. The molecule has 1 aromatic heterocycles. The number of anilines is 1. The Labute approximate surface area is 138 Å². The number of hydrogen-bond donors (Lipinski definition) is 2. The summed E-state index contributed by atoms with van der Waals surface area (Å²) in [7, 11) is 3.98. The fourth-order valence-electron chi connectivity index (χ4n) is 1.97. The minimum Gasteiger partial charge on any atom is -0.360 e. The fourth-order valence-corrected chi connectivity index (χ4v) is 3.08. The third kappa shape index (κ3) is 4.46. The largest absolute Gasteiger partial charge is 0.360 e. The van der Waals surface area contributed by atoms with Gasteiger partial charge in [0.05, 0.1) is 11.7 Å². The molecule has 22 heavy (non-hydrogen) atoms. The van der Waals surface area contributed by atoms with Gasteiger partial charge in [-0.25, -0.2) is 8.78 Å². The molecule has 0 spiro atoms. The maximum Gasteiger partial charge on any atom is 0.170 e. The van der Waals surface area contributed by atoms with E-state index in [0.717, 1.165) is 6.07 Å². The first-order valence-electron chi connectivity index (χ1n) is 6.67. The number of thiocarbonyl (C=S) groups is 1. The molecule has 0 aliphatic heterocycles. The second-order valence-corrected chi connectivity index (χ2v) is 6.34. The monoisotopic (exact) mass is 341 g/mol. The summed E-state index contributed by atoms with van der Waals surface area (Å²) < 4.78 is 26.4. The highest BCUT2D eigenvalue weighted by Crippen LogP contribution is 2.22. The molecule has 0 radical (unpaired) electrons. The van der Waals surface area contributed by atoms with Crippen LogP contribution in [0.2, 0.25) is 0 Å². The van der Waals surface area contributed by atoms with Crippen molar-refractivity contribution in [2.75, 3.05) is 26.0 Å². The van der Waals surface area contributed by atoms with Crippen molar-refractivity contribution in [1.82, 2.24) is 10.2 Å². The summed E-state index contributed by atoms with van der Waals surface area (Å²) in [4.78, 5) is 3.30. The Balaban J connectivity index is 1.94. The van der Waals surface area contributed by atoms with E-state index in [-0.39, 0.29) is 11.7 Å². The van der Waals surface area contributed by atoms with E-state index < -0.39 is 11.6 Å². The summed E-state index contributed by atoms with van der Waals surface area (Å²) in [6.45, 7) is 0.585. The zero-order valence-electron chi connectivity index (χ0n) is 12.3. The first-order chi connectivity index (χ1) is 10.5. The Morgan fingerprint density at radius 3 is 2.68 bits per heavy atom. The zero-order valence-corrected chi connectivity index (χ0v) is 13.9. The van der Waals surface area contributed by atoms with Crippen molar-refractivity contribution in [3.63, 3.8) is 0 Å². The molecule has 2 rings (SSSR count). The second-order valence-electron chi connectivity index (χ2n) is 4.95. The van der Waals surface area contributed by atoms with Crippen LogP contribution in [0, 0.1) is 11.6 Å². The maximum atomic E-state index is 13.6. The van der Waals surface area contributed by atoms with E-state index in [1.165, 1.54) is 17.0 Å². The molecule has 3 nitrogen and oxygen atoms in total. The Kier molecular flexibility index (Phi) is 5.82. The van der Waals surface area contributed by atoms with Gasteiger partial charge in [0.15, 0.2) is 5.11 Å². The molecule has 1 heterocycles. The molecule has 0 aliphatic carbocycles. The Morgan fingerprint density at radius 1 is 1.32 bits per heavy atom. The number of thiophene rings is 1. The molecule has 0 fully saturated rings. The third-order valence-corrected chi connectivity index (χ3v) is 4.35. The van der Waals surface area contributed by atoms with Gasteiger partial charge in [-0.1, -0.05) is 6.07 Å². The summed E-state index contributed by atoms with van der Waals surface area (Å²) in [5, 5.41) is 8.13. The van der Waals surface area contributed by atoms with Gasteiger partial charge in [0.25, 0.3) is 0 Å². The number of hydrogen-bond acceptors (Lipinski definition) is 3. The SMILES string of the molecule is CN(C)[C@@H](CNC(=S)Nc1ccc(F)cc1F)c1cccs1. The standard InChI is InChI=1S/C15H17F2N3S2/c1-20(2)13(14-4-3-7-22-14)9-18-15(21)19-12-6-5-10(16)8-11(12)17/h3-8,13H,9H2,1-2H3,(H2,18,19,21)/t13-/m0/s1. The van der Waals surface area contributed by atoms with Crippen LogP contribution in [0.15, 0.2) is 35.7 Å². The molecule has 0 aliphatic rings. The lowest BCUT2D eigenvalue weighted by Gasteiger charge is -2.24. The van der Waals surface area contributed by atoms with Crippen molar-refractivity contribution >= 4 is 34.4 Å². The Hall–Kier alpha value is -1.57. The lowest BCUT2D eigenvalue weighted by Crippen LogP contribution is -2.36. The highest BCUT2D eigenvalue weighted by atomic mass is 32.1. The third-order valence-electron chi connectivity index (χ3n) is 3.13. The van der Waals surface area contributed by atoms with E-state index in [9.17, 15) is 8.78 Å². The number of rotatable bonds is 5. The van der Waals surface area contributed by atoms with Crippen molar-refractivity contribution in [3.8, 4) is 0 Å². The zero-order chi connectivity index (χ0) is 16.1. The fraction of sp³-hybridized carbons (Fsp3) is 0.267. The van der Waals surface area contributed by atoms with Gasteiger partial charge in [-0.15, -0.1) is 11.3 Å². The average Bonchev–Trinajstić information content (AvgIpc) is 2.96. The molecule has 118 valence electrons. The van der Waals surface area contributed by atoms with Crippen LogP contribution >= 0.6 is 23.6 Å². The predicted molar refractivity (Wildman–Crippen MR) is 91.3 cm³/mol. The van der Waals surface area contributed by atoms with Crippen LogP contribution in [0.25, 0.3) is 0 Å². The van der Waals surface area contributed by atoms with Crippen molar-refractivity contribution in [2.24, 2.45) is 0 Å². The first-order valence-corrected chi connectivity index (χ1v) is 7.96. The van der Waals surface area contributed by atoms with Crippen LogP contribution in [0.1, 0.15) is 10.9 Å². The van der Waals surface area contributed by atoms with E-state index >= 15 is 0 Å². The van der Waals surface area contributed by atoms with Gasteiger partial charge in [0.1, 0.15) is 11.6 Å². The number of nitrogens with zero attached hydrogens (tertiary/aromatic N) is 1. The van der Waals surface area contributed by atoms with E-state index in [0.29, 0.717) is 11.7 Å². The van der Waals surface area contributed by atoms with Gasteiger partial charge in [0, 0.05) is 17.5 Å². The molecule has 2 N–H and O–H groups in total. The quantitative estimate of drug-likeness (QED) is 0.813. The molecule has 0 saturated carbocycles. The Morgan fingerprint density at radius 2 is 2.09 bits per heavy atom. The molecule has 1 aromatic carbocycles. The predicted octanol–water partition coefficient (Wildman–Crippen LogP) is 3.62. The van der Waals surface area contributed by atoms with E-state index in [4.69, 9.17) is 12.2 Å². The molecular weight excluding hydrogens is 324 g/mol. The molecule has 1 atom stereocenters. The van der Waals surface area contributed by atoms with Crippen molar-refractivity contribution in [2.45, 2.75) is 6.04 Å². The van der Waals surface area contributed by atoms with Gasteiger partial charge < -0.3 is 15.5 Å². The van der Waals surface area contributed by atoms with Gasteiger partial charge in [0.2, 0.25) is 0 Å². The smallest absolute Gasteiger partial charge is 0.170 e. The van der Waals surface area contributed by atoms with Crippen molar-refractivity contribution < 1.29 is 8.78 Å². The van der Waals surface area contributed by atoms with E-state index in [1.807, 2.05) is 25.5 Å². The van der Waals surface area contributed by atoms with Crippen LogP contribution < -0.4 is 10.6 Å². The molecular formula is C15H17F2N3S2. The number of halogens is 2. The summed E-state index contributed by atoms with van der Waals surface area (Å²) in [6, 6.07) is 7.55. The molecule has 0 bridgehead atoms. The lowest BCUT2D eigenvalue weighted by atomic mass is 10.2. The minimum atomic E-state index is -0.674. The first kappa shape index (κ1) is 16.8. The number of nitrogens with one attached hydrogen (secondary N) is 2. The molecule has 0 saturated heterocycles. The topological polar surface area (TPSA) is 27.3 Å². The van der Waals surface area contributed by atoms with Crippen LogP contribution in [0.3, 0.4) is 0 Å². The summed E-state index contributed by atoms with van der Waals surface area (Å²) in [5.41, 5.74) is 0.149. The summed E-state index contributed by atoms with van der Waals surface area (Å²) in [5.74, 6) is -1.29. The van der Waals surface area contributed by atoms with Gasteiger partial charge in [-0.2, -0.15) is 0 Å². The van der Waals surface area contributed by atoms with Crippen LogP contribution in [0.5, 0.6) is 0 Å². The number of benzene rings is 1.